The highest BCUT2D eigenvalue weighted by molar-refractivity contribution is 6.09. The van der Waals surface area contributed by atoms with Crippen LogP contribution in [-0.4, -0.2) is 29.6 Å². The first kappa shape index (κ1) is 20.7. The van der Waals surface area contributed by atoms with Crippen molar-refractivity contribution in [1.29, 1.82) is 0 Å². The van der Waals surface area contributed by atoms with Gasteiger partial charge in [-0.3, -0.25) is 4.79 Å². The molecular weight excluding hydrogens is 340 g/mol. The van der Waals surface area contributed by atoms with Gasteiger partial charge in [-0.2, -0.15) is 0 Å². The summed E-state index contributed by atoms with van der Waals surface area (Å²) in [4.78, 5) is 27.8. The summed E-state index contributed by atoms with van der Waals surface area (Å²) in [5.74, 6) is -0.443. The third-order valence-electron chi connectivity index (χ3n) is 4.81. The number of nitrogens with zero attached hydrogens (tertiary/aromatic N) is 2. The molecule has 0 aliphatic heterocycles. The predicted octanol–water partition coefficient (Wildman–Crippen LogP) is 4.75. The van der Waals surface area contributed by atoms with Gasteiger partial charge in [-0.25, -0.2) is 4.79 Å². The summed E-state index contributed by atoms with van der Waals surface area (Å²) in [6.45, 7) is 11.2. The number of hydrogen-bond acceptors (Lipinski definition) is 3. The normalized spacial score (nSPS) is 10.7. The summed E-state index contributed by atoms with van der Waals surface area (Å²) in [5.41, 5.74) is 3.44. The van der Waals surface area contributed by atoms with Crippen LogP contribution >= 0.6 is 0 Å². The molecule has 0 aliphatic carbocycles. The van der Waals surface area contributed by atoms with Gasteiger partial charge < -0.3 is 14.2 Å². The molecule has 1 aromatic heterocycles. The molecule has 0 atom stereocenters. The zero-order valence-electron chi connectivity index (χ0n) is 17.0. The van der Waals surface area contributed by atoms with Crippen molar-refractivity contribution in [2.45, 2.75) is 54.0 Å². The third kappa shape index (κ3) is 4.24. The Morgan fingerprint density at radius 2 is 1.74 bits per heavy atom. The second-order valence-electron chi connectivity index (χ2n) is 6.54. The van der Waals surface area contributed by atoms with Gasteiger partial charge in [-0.05, 0) is 51.8 Å². The van der Waals surface area contributed by atoms with Crippen molar-refractivity contribution in [2.75, 3.05) is 18.1 Å². The van der Waals surface area contributed by atoms with E-state index in [1.54, 1.807) is 6.92 Å². The van der Waals surface area contributed by atoms with Gasteiger partial charge in [0.05, 0.1) is 12.2 Å². The van der Waals surface area contributed by atoms with Crippen LogP contribution in [0.2, 0.25) is 0 Å². The van der Waals surface area contributed by atoms with Crippen LogP contribution in [0.5, 0.6) is 0 Å². The van der Waals surface area contributed by atoms with Crippen LogP contribution in [0.1, 0.15) is 65.7 Å². The molecule has 1 heterocycles. The number of carbonyl (C=O) groups excluding carboxylic acids is 2. The zero-order chi connectivity index (χ0) is 20.0. The van der Waals surface area contributed by atoms with Crippen LogP contribution in [0.3, 0.4) is 0 Å². The van der Waals surface area contributed by atoms with E-state index in [-0.39, 0.29) is 11.9 Å². The van der Waals surface area contributed by atoms with E-state index in [1.807, 2.05) is 60.6 Å². The van der Waals surface area contributed by atoms with Gasteiger partial charge in [0.25, 0.3) is 5.91 Å². The average Bonchev–Trinajstić information content (AvgIpc) is 2.92. The Morgan fingerprint density at radius 1 is 1.07 bits per heavy atom. The third-order valence-corrected chi connectivity index (χ3v) is 4.81. The van der Waals surface area contributed by atoms with Crippen LogP contribution in [0.15, 0.2) is 30.3 Å². The smallest absolute Gasteiger partial charge is 0.355 e. The Bertz CT molecular complexity index is 794. The van der Waals surface area contributed by atoms with Crippen molar-refractivity contribution in [3.8, 4) is 0 Å². The summed E-state index contributed by atoms with van der Waals surface area (Å²) in [5, 5.41) is 0. The van der Waals surface area contributed by atoms with Crippen molar-refractivity contribution in [1.82, 2.24) is 4.57 Å². The van der Waals surface area contributed by atoms with Crippen LogP contribution in [0, 0.1) is 13.8 Å². The standard InChI is InChI=1S/C22H30N2O3/c1-6-9-15-24(18-13-11-10-12-14-18)21(25)19-16(4)20(22(26)27-8-3)23(7-2)17(19)5/h10-14H,6-9,15H2,1-5H3. The second kappa shape index (κ2) is 9.40. The molecule has 2 aromatic rings. The molecule has 1 aromatic carbocycles. The van der Waals surface area contributed by atoms with E-state index in [0.717, 1.165) is 24.2 Å². The molecule has 0 unspecified atom stereocenters. The van der Waals surface area contributed by atoms with Crippen molar-refractivity contribution in [3.05, 3.63) is 52.8 Å². The molecule has 0 spiro atoms. The van der Waals surface area contributed by atoms with Gasteiger partial charge in [0.15, 0.2) is 0 Å². The van der Waals surface area contributed by atoms with Gasteiger partial charge in [0, 0.05) is 24.5 Å². The maximum absolute atomic E-state index is 13.5. The Balaban J connectivity index is 2.54. The van der Waals surface area contributed by atoms with E-state index in [0.29, 0.717) is 36.5 Å². The summed E-state index contributed by atoms with van der Waals surface area (Å²) in [7, 11) is 0. The lowest BCUT2D eigenvalue weighted by Gasteiger charge is -2.23. The Kier molecular flexibility index (Phi) is 7.22. The minimum Gasteiger partial charge on any atom is -0.461 e. The van der Waals surface area contributed by atoms with E-state index < -0.39 is 0 Å². The Hall–Kier alpha value is -2.56. The van der Waals surface area contributed by atoms with E-state index in [2.05, 4.69) is 6.92 Å². The molecule has 1 amide bonds. The number of ether oxygens (including phenoxy) is 1. The van der Waals surface area contributed by atoms with E-state index in [4.69, 9.17) is 4.74 Å². The molecular formula is C22H30N2O3. The fourth-order valence-electron chi connectivity index (χ4n) is 3.48. The largest absolute Gasteiger partial charge is 0.461 e. The summed E-state index contributed by atoms with van der Waals surface area (Å²) < 4.78 is 7.10. The molecule has 27 heavy (non-hydrogen) atoms. The van der Waals surface area contributed by atoms with Gasteiger partial charge >= 0.3 is 5.97 Å². The molecule has 5 heteroatoms. The number of anilines is 1. The minimum absolute atomic E-state index is 0.0672. The van der Waals surface area contributed by atoms with Gasteiger partial charge in [-0.15, -0.1) is 0 Å². The van der Waals surface area contributed by atoms with E-state index >= 15 is 0 Å². The van der Waals surface area contributed by atoms with Crippen molar-refractivity contribution >= 4 is 17.6 Å². The molecule has 146 valence electrons. The molecule has 0 saturated heterocycles. The van der Waals surface area contributed by atoms with Gasteiger partial charge in [0.2, 0.25) is 0 Å². The Labute approximate surface area is 161 Å². The SMILES string of the molecule is CCCCN(C(=O)c1c(C)c(C(=O)OCC)n(CC)c1C)c1ccccc1. The lowest BCUT2D eigenvalue weighted by atomic mass is 10.1. The quantitative estimate of drug-likeness (QED) is 0.630. The number of aromatic nitrogens is 1. The number of esters is 1. The number of hydrogen-bond donors (Lipinski definition) is 0. The topological polar surface area (TPSA) is 51.5 Å². The maximum Gasteiger partial charge on any atom is 0.355 e. The summed E-state index contributed by atoms with van der Waals surface area (Å²) in [6, 6.07) is 9.70. The first-order chi connectivity index (χ1) is 13.0. The van der Waals surface area contributed by atoms with Crippen LogP contribution < -0.4 is 4.90 Å². The number of amides is 1. The van der Waals surface area contributed by atoms with Crippen LogP contribution in [-0.2, 0) is 11.3 Å². The molecule has 0 N–H and O–H groups in total. The lowest BCUT2D eigenvalue weighted by molar-refractivity contribution is 0.0512. The first-order valence-corrected chi connectivity index (χ1v) is 9.71. The van der Waals surface area contributed by atoms with E-state index in [1.165, 1.54) is 0 Å². The molecule has 0 radical (unpaired) electrons. The first-order valence-electron chi connectivity index (χ1n) is 9.71. The molecule has 5 nitrogen and oxygen atoms in total. The predicted molar refractivity (Wildman–Crippen MR) is 109 cm³/mol. The molecule has 0 bridgehead atoms. The average molecular weight is 370 g/mol. The highest BCUT2D eigenvalue weighted by Crippen LogP contribution is 2.27. The van der Waals surface area contributed by atoms with Crippen molar-refractivity contribution < 1.29 is 14.3 Å². The fraction of sp³-hybridized carbons (Fsp3) is 0.455. The minimum atomic E-state index is -0.376. The summed E-state index contributed by atoms with van der Waals surface area (Å²) >= 11 is 0. The number of carbonyl (C=O) groups is 2. The lowest BCUT2D eigenvalue weighted by Crippen LogP contribution is -2.32. The van der Waals surface area contributed by atoms with Gasteiger partial charge in [0.1, 0.15) is 5.69 Å². The fourth-order valence-corrected chi connectivity index (χ4v) is 3.48. The monoisotopic (exact) mass is 370 g/mol. The second-order valence-corrected chi connectivity index (χ2v) is 6.54. The maximum atomic E-state index is 13.5. The van der Waals surface area contributed by atoms with Crippen molar-refractivity contribution in [3.63, 3.8) is 0 Å². The number of unbranched alkanes of at least 4 members (excludes halogenated alkanes) is 1. The summed E-state index contributed by atoms with van der Waals surface area (Å²) in [6.07, 6.45) is 1.91. The molecule has 2 rings (SSSR count). The number of rotatable bonds is 8. The molecule has 0 fully saturated rings. The number of para-hydroxylation sites is 1. The number of benzene rings is 1. The van der Waals surface area contributed by atoms with Crippen LogP contribution in [0.25, 0.3) is 0 Å². The van der Waals surface area contributed by atoms with Crippen molar-refractivity contribution in [2.24, 2.45) is 0 Å². The highest BCUT2D eigenvalue weighted by atomic mass is 16.5. The zero-order valence-corrected chi connectivity index (χ0v) is 17.0. The van der Waals surface area contributed by atoms with E-state index in [9.17, 15) is 9.59 Å². The molecule has 0 aliphatic rings. The highest BCUT2D eigenvalue weighted by Gasteiger charge is 2.29. The Morgan fingerprint density at radius 3 is 2.30 bits per heavy atom. The molecule has 0 saturated carbocycles. The van der Waals surface area contributed by atoms with Gasteiger partial charge in [-0.1, -0.05) is 31.5 Å². The van der Waals surface area contributed by atoms with Crippen LogP contribution in [0.4, 0.5) is 5.69 Å².